The summed E-state index contributed by atoms with van der Waals surface area (Å²) in [6, 6.07) is 0. The molecule has 0 rings (SSSR count). The molecule has 11 nitrogen and oxygen atoms in total. The van der Waals surface area contributed by atoms with Crippen molar-refractivity contribution in [3.05, 3.63) is 24.3 Å². The van der Waals surface area contributed by atoms with Gasteiger partial charge in [0.05, 0.1) is 13.2 Å². The number of amides is 2. The molecule has 1 N–H and O–H groups in total. The molecule has 0 bridgehead atoms. The highest BCUT2D eigenvalue weighted by atomic mass is 16.6. The molecule has 68 heavy (non-hydrogen) atoms. The summed E-state index contributed by atoms with van der Waals surface area (Å²) in [5.41, 5.74) is -0.628. The fourth-order valence-electron chi connectivity index (χ4n) is 7.83. The fourth-order valence-corrected chi connectivity index (χ4v) is 7.83. The molecular formula is C57H107N3O8. The fraction of sp³-hybridized carbons (Fsp3) is 0.860. The van der Waals surface area contributed by atoms with Gasteiger partial charge in [-0.25, -0.2) is 9.59 Å². The second-order valence-corrected chi connectivity index (χ2v) is 20.3. The standard InChI is InChI=1S/C57H107N3O8/c1-8-10-12-14-16-18-20-22-24-26-28-30-32-34-36-44-53(61)65-50-40-38-42-52(67-55(63)58-46-47-60(49-48-59(6)7)56(64)68-57(3,4)5)43-39-41-51-66-54(62)45-37-35-33-31-29-27-25-23-21-19-17-15-13-11-9-2/h22-25,52H,8-21,26-51H2,1-7H3,(H,58,63)/b24-22+,25-23+. The Labute approximate surface area is 418 Å². The number of allylic oxidation sites excluding steroid dienone is 4. The maximum atomic E-state index is 13.0. The molecule has 0 spiro atoms. The number of unbranched alkanes of at least 4 members (excludes halogenated alkanes) is 24. The van der Waals surface area contributed by atoms with Crippen molar-refractivity contribution in [1.82, 2.24) is 15.1 Å². The molecule has 0 saturated carbocycles. The monoisotopic (exact) mass is 962 g/mol. The summed E-state index contributed by atoms with van der Waals surface area (Å²) in [4.78, 5) is 54.3. The van der Waals surface area contributed by atoms with Gasteiger partial charge in [0.2, 0.25) is 0 Å². The number of ether oxygens (including phenoxy) is 4. The van der Waals surface area contributed by atoms with E-state index in [1.807, 2.05) is 39.8 Å². The zero-order valence-electron chi connectivity index (χ0n) is 45.3. The number of nitrogens with zero attached hydrogens (tertiary/aromatic N) is 2. The summed E-state index contributed by atoms with van der Waals surface area (Å²) >= 11 is 0. The van der Waals surface area contributed by atoms with Gasteiger partial charge in [-0.15, -0.1) is 0 Å². The van der Waals surface area contributed by atoms with Gasteiger partial charge >= 0.3 is 24.1 Å². The van der Waals surface area contributed by atoms with E-state index in [-0.39, 0.29) is 31.1 Å². The van der Waals surface area contributed by atoms with Gasteiger partial charge in [-0.1, -0.05) is 141 Å². The van der Waals surface area contributed by atoms with Crippen LogP contribution in [0.5, 0.6) is 0 Å². The van der Waals surface area contributed by atoms with Gasteiger partial charge < -0.3 is 34.1 Å². The molecule has 11 heteroatoms. The summed E-state index contributed by atoms with van der Waals surface area (Å²) in [6.07, 6.45) is 44.8. The molecule has 0 heterocycles. The molecule has 0 aromatic heterocycles. The summed E-state index contributed by atoms with van der Waals surface area (Å²) in [6.45, 7) is 12.3. The molecule has 0 aromatic carbocycles. The summed E-state index contributed by atoms with van der Waals surface area (Å²) in [5, 5.41) is 2.82. The highest BCUT2D eigenvalue weighted by Gasteiger charge is 2.23. The Hall–Kier alpha value is -3.08. The molecule has 0 aliphatic carbocycles. The Bertz CT molecular complexity index is 1190. The minimum Gasteiger partial charge on any atom is -0.466 e. The molecule has 0 saturated heterocycles. The van der Waals surface area contributed by atoms with E-state index in [1.54, 1.807) is 4.90 Å². The van der Waals surface area contributed by atoms with Gasteiger partial charge in [0.1, 0.15) is 11.7 Å². The van der Waals surface area contributed by atoms with E-state index in [0.717, 1.165) is 64.2 Å². The maximum absolute atomic E-state index is 13.0. The third-order valence-electron chi connectivity index (χ3n) is 12.0. The van der Waals surface area contributed by atoms with Gasteiger partial charge in [0.15, 0.2) is 0 Å². The van der Waals surface area contributed by atoms with Gasteiger partial charge in [-0.2, -0.15) is 0 Å². The first-order chi connectivity index (χ1) is 32.9. The zero-order chi connectivity index (χ0) is 50.2. The van der Waals surface area contributed by atoms with Crippen LogP contribution in [0.2, 0.25) is 0 Å². The summed E-state index contributed by atoms with van der Waals surface area (Å²) in [5.74, 6) is -0.291. The third-order valence-corrected chi connectivity index (χ3v) is 12.0. The third kappa shape index (κ3) is 48.0. The Balaban J connectivity index is 4.58. The zero-order valence-corrected chi connectivity index (χ0v) is 45.3. The molecule has 0 atom stereocenters. The van der Waals surface area contributed by atoms with Gasteiger partial charge in [0, 0.05) is 39.0 Å². The van der Waals surface area contributed by atoms with E-state index in [4.69, 9.17) is 18.9 Å². The van der Waals surface area contributed by atoms with Crippen LogP contribution in [0.25, 0.3) is 0 Å². The molecule has 0 fully saturated rings. The molecule has 398 valence electrons. The van der Waals surface area contributed by atoms with Crippen molar-refractivity contribution in [2.75, 3.05) is 53.5 Å². The lowest BCUT2D eigenvalue weighted by molar-refractivity contribution is -0.144. The Morgan fingerprint density at radius 1 is 0.500 bits per heavy atom. The number of nitrogens with one attached hydrogen (secondary N) is 1. The predicted molar refractivity (Wildman–Crippen MR) is 283 cm³/mol. The van der Waals surface area contributed by atoms with Crippen molar-refractivity contribution in [3.63, 3.8) is 0 Å². The Kier molecular flexibility index (Phi) is 45.4. The van der Waals surface area contributed by atoms with Crippen LogP contribution in [0.4, 0.5) is 9.59 Å². The normalized spacial score (nSPS) is 11.8. The van der Waals surface area contributed by atoms with Crippen LogP contribution in [0.3, 0.4) is 0 Å². The SMILES string of the molecule is CCCCCCCC/C=C/CCCCCCCC(=O)OCCCCC(CCCCOC(=O)CCCCCCC/C=C/CCCCCCCC)OC(=O)NCCN(CCN(C)C)C(=O)OC(C)(C)C. The quantitative estimate of drug-likeness (QED) is 0.0275. The smallest absolute Gasteiger partial charge is 0.410 e. The second kappa shape index (κ2) is 47.6. The van der Waals surface area contributed by atoms with Crippen LogP contribution in [0.1, 0.15) is 253 Å². The number of hydrogen-bond acceptors (Lipinski definition) is 9. The van der Waals surface area contributed by atoms with Crippen LogP contribution in [0.15, 0.2) is 24.3 Å². The number of carbonyl (C=O) groups is 4. The Morgan fingerprint density at radius 2 is 0.897 bits per heavy atom. The molecule has 0 aliphatic heterocycles. The topological polar surface area (TPSA) is 124 Å². The molecule has 0 aromatic rings. The minimum atomic E-state index is -0.628. The highest BCUT2D eigenvalue weighted by molar-refractivity contribution is 5.70. The molecule has 0 aliphatic rings. The van der Waals surface area contributed by atoms with E-state index in [1.165, 1.54) is 116 Å². The minimum absolute atomic E-state index is 0.146. The van der Waals surface area contributed by atoms with Crippen LogP contribution in [-0.4, -0.2) is 99.1 Å². The summed E-state index contributed by atoms with van der Waals surface area (Å²) < 4.78 is 22.6. The number of alkyl carbamates (subject to hydrolysis) is 1. The molecule has 0 unspecified atom stereocenters. The predicted octanol–water partition coefficient (Wildman–Crippen LogP) is 15.4. The van der Waals surface area contributed by atoms with E-state index in [9.17, 15) is 19.2 Å². The largest absolute Gasteiger partial charge is 0.466 e. The lowest BCUT2D eigenvalue weighted by atomic mass is 10.1. The lowest BCUT2D eigenvalue weighted by Gasteiger charge is -2.28. The second-order valence-electron chi connectivity index (χ2n) is 20.3. The van der Waals surface area contributed by atoms with Crippen LogP contribution in [0, 0.1) is 0 Å². The number of rotatable bonds is 47. The first kappa shape index (κ1) is 64.9. The number of likely N-dealkylation sites (N-methyl/N-ethyl adjacent to an activating group) is 1. The molecular weight excluding hydrogens is 855 g/mol. The van der Waals surface area contributed by atoms with Gasteiger partial charge in [-0.3, -0.25) is 9.59 Å². The molecule has 2 amide bonds. The van der Waals surface area contributed by atoms with E-state index in [2.05, 4.69) is 43.5 Å². The highest BCUT2D eigenvalue weighted by Crippen LogP contribution is 2.16. The Morgan fingerprint density at radius 3 is 1.29 bits per heavy atom. The van der Waals surface area contributed by atoms with Crippen LogP contribution < -0.4 is 5.32 Å². The first-order valence-corrected chi connectivity index (χ1v) is 28.1. The molecule has 0 radical (unpaired) electrons. The van der Waals surface area contributed by atoms with Gasteiger partial charge in [-0.05, 0) is 138 Å². The van der Waals surface area contributed by atoms with Crippen molar-refractivity contribution in [1.29, 1.82) is 0 Å². The van der Waals surface area contributed by atoms with Crippen molar-refractivity contribution in [2.45, 2.75) is 265 Å². The summed E-state index contributed by atoms with van der Waals surface area (Å²) in [7, 11) is 3.88. The van der Waals surface area contributed by atoms with Crippen molar-refractivity contribution >= 4 is 24.1 Å². The van der Waals surface area contributed by atoms with E-state index < -0.39 is 17.8 Å². The van der Waals surface area contributed by atoms with E-state index >= 15 is 0 Å². The lowest BCUT2D eigenvalue weighted by Crippen LogP contribution is -2.44. The average Bonchev–Trinajstić information content (AvgIpc) is 3.29. The van der Waals surface area contributed by atoms with Crippen molar-refractivity contribution < 1.29 is 38.1 Å². The van der Waals surface area contributed by atoms with Crippen LogP contribution in [-0.2, 0) is 28.5 Å². The van der Waals surface area contributed by atoms with Crippen molar-refractivity contribution in [3.8, 4) is 0 Å². The number of carbonyl (C=O) groups excluding carboxylic acids is 4. The van der Waals surface area contributed by atoms with Crippen molar-refractivity contribution in [2.24, 2.45) is 0 Å². The number of hydrogen-bond donors (Lipinski definition) is 1. The average molecular weight is 962 g/mol. The first-order valence-electron chi connectivity index (χ1n) is 28.1. The number of esters is 2. The van der Waals surface area contributed by atoms with Gasteiger partial charge in [0.25, 0.3) is 0 Å². The maximum Gasteiger partial charge on any atom is 0.410 e. The van der Waals surface area contributed by atoms with E-state index in [0.29, 0.717) is 64.8 Å². The van der Waals surface area contributed by atoms with Crippen LogP contribution >= 0.6 is 0 Å².